The molecular weight excluding hydrogens is 290 g/mol. The predicted molar refractivity (Wildman–Crippen MR) is 66.6 cm³/mol. The van der Waals surface area contributed by atoms with Crippen LogP contribution in [0.2, 0.25) is 0 Å². The van der Waals surface area contributed by atoms with Crippen molar-refractivity contribution in [3.63, 3.8) is 0 Å². The van der Waals surface area contributed by atoms with Crippen molar-refractivity contribution in [3.8, 4) is 16.5 Å². The zero-order valence-electron chi connectivity index (χ0n) is 8.44. The second-order valence-electron chi connectivity index (χ2n) is 3.06. The van der Waals surface area contributed by atoms with Gasteiger partial charge in [-0.2, -0.15) is 0 Å². The molecule has 0 aliphatic carbocycles. The minimum atomic E-state index is -0.370. The van der Waals surface area contributed by atoms with Gasteiger partial charge in [0.2, 0.25) is 5.88 Å². The number of carbonyl (C=O) groups excluding carboxylic acids is 1. The van der Waals surface area contributed by atoms with Gasteiger partial charge in [-0.3, -0.25) is 4.79 Å². The van der Waals surface area contributed by atoms with E-state index in [4.69, 9.17) is 4.74 Å². The highest BCUT2D eigenvalue weighted by Gasteiger charge is 2.12. The third-order valence-corrected chi connectivity index (χ3v) is 3.52. The Balaban J connectivity index is 2.34. The van der Waals surface area contributed by atoms with E-state index in [1.54, 1.807) is 0 Å². The van der Waals surface area contributed by atoms with Gasteiger partial charge in [-0.15, -0.1) is 11.3 Å². The summed E-state index contributed by atoms with van der Waals surface area (Å²) >= 11 is 4.76. The molecule has 0 N–H and O–H groups in total. The standard InChI is InChI=1S/C11H8BrNO2S/c1-7(14)15-10-9(12)16-11(13-10)8-5-3-2-4-6-8/h2-6H,1H3. The number of aromatic nitrogens is 1. The van der Waals surface area contributed by atoms with Crippen LogP contribution >= 0.6 is 27.3 Å². The quantitative estimate of drug-likeness (QED) is 0.797. The van der Waals surface area contributed by atoms with Crippen LogP contribution in [-0.4, -0.2) is 11.0 Å². The van der Waals surface area contributed by atoms with Gasteiger partial charge in [-0.05, 0) is 15.9 Å². The van der Waals surface area contributed by atoms with Crippen molar-refractivity contribution in [1.29, 1.82) is 0 Å². The van der Waals surface area contributed by atoms with Crippen molar-refractivity contribution in [2.45, 2.75) is 6.92 Å². The van der Waals surface area contributed by atoms with Crippen molar-refractivity contribution in [2.75, 3.05) is 0 Å². The molecule has 0 bridgehead atoms. The molecule has 2 rings (SSSR count). The number of rotatable bonds is 2. The molecular formula is C11H8BrNO2S. The maximum absolute atomic E-state index is 10.8. The monoisotopic (exact) mass is 297 g/mol. The average molecular weight is 298 g/mol. The zero-order valence-corrected chi connectivity index (χ0v) is 10.8. The van der Waals surface area contributed by atoms with E-state index in [2.05, 4.69) is 20.9 Å². The highest BCUT2D eigenvalue weighted by Crippen LogP contribution is 2.36. The van der Waals surface area contributed by atoms with Crippen LogP contribution in [0.4, 0.5) is 0 Å². The third-order valence-electron chi connectivity index (χ3n) is 1.82. The van der Waals surface area contributed by atoms with Crippen LogP contribution in [0.3, 0.4) is 0 Å². The largest absolute Gasteiger partial charge is 0.405 e. The van der Waals surface area contributed by atoms with E-state index in [0.717, 1.165) is 14.4 Å². The summed E-state index contributed by atoms with van der Waals surface area (Å²) in [4.78, 5) is 15.1. The molecule has 0 unspecified atom stereocenters. The highest BCUT2D eigenvalue weighted by atomic mass is 79.9. The lowest BCUT2D eigenvalue weighted by Gasteiger charge is -1.95. The van der Waals surface area contributed by atoms with Crippen molar-refractivity contribution >= 4 is 33.2 Å². The molecule has 0 radical (unpaired) electrons. The van der Waals surface area contributed by atoms with E-state index in [-0.39, 0.29) is 5.97 Å². The molecule has 1 aromatic heterocycles. The summed E-state index contributed by atoms with van der Waals surface area (Å²) in [5, 5.41) is 0.823. The highest BCUT2D eigenvalue weighted by molar-refractivity contribution is 9.11. The Morgan fingerprint density at radius 1 is 1.38 bits per heavy atom. The number of esters is 1. The molecule has 16 heavy (non-hydrogen) atoms. The van der Waals surface area contributed by atoms with Crippen LogP contribution in [-0.2, 0) is 4.79 Å². The van der Waals surface area contributed by atoms with Crippen LogP contribution in [0.1, 0.15) is 6.92 Å². The summed E-state index contributed by atoms with van der Waals surface area (Å²) < 4.78 is 5.68. The fourth-order valence-corrected chi connectivity index (χ4v) is 2.55. The average Bonchev–Trinajstić information content (AvgIpc) is 2.61. The van der Waals surface area contributed by atoms with Gasteiger partial charge in [0.05, 0.1) is 0 Å². The summed E-state index contributed by atoms with van der Waals surface area (Å²) in [6.07, 6.45) is 0. The summed E-state index contributed by atoms with van der Waals surface area (Å²) in [7, 11) is 0. The lowest BCUT2D eigenvalue weighted by molar-refractivity contribution is -0.132. The fourth-order valence-electron chi connectivity index (χ4n) is 1.19. The summed E-state index contributed by atoms with van der Waals surface area (Å²) in [6.45, 7) is 1.36. The minimum absolute atomic E-state index is 0.330. The number of ether oxygens (including phenoxy) is 1. The summed E-state index contributed by atoms with van der Waals surface area (Å²) in [6, 6.07) is 9.75. The van der Waals surface area contributed by atoms with Gasteiger partial charge in [0.25, 0.3) is 0 Å². The second-order valence-corrected chi connectivity index (χ2v) is 5.37. The van der Waals surface area contributed by atoms with Crippen molar-refractivity contribution < 1.29 is 9.53 Å². The Hall–Kier alpha value is -1.20. The number of hydrogen-bond acceptors (Lipinski definition) is 4. The van der Waals surface area contributed by atoms with Gasteiger partial charge in [0.1, 0.15) is 8.79 Å². The first-order valence-electron chi connectivity index (χ1n) is 4.57. The first kappa shape index (κ1) is 11.3. The maximum atomic E-state index is 10.8. The van der Waals surface area contributed by atoms with Crippen molar-refractivity contribution in [2.24, 2.45) is 0 Å². The van der Waals surface area contributed by atoms with Crippen LogP contribution in [0.5, 0.6) is 5.88 Å². The third kappa shape index (κ3) is 2.48. The van der Waals surface area contributed by atoms with E-state index in [1.165, 1.54) is 18.3 Å². The van der Waals surface area contributed by atoms with Crippen LogP contribution < -0.4 is 4.74 Å². The van der Waals surface area contributed by atoms with E-state index in [9.17, 15) is 4.79 Å². The van der Waals surface area contributed by atoms with Gasteiger partial charge in [-0.25, -0.2) is 4.98 Å². The molecule has 5 heteroatoms. The molecule has 0 aliphatic heterocycles. The minimum Gasteiger partial charge on any atom is -0.405 e. The molecule has 0 saturated carbocycles. The van der Waals surface area contributed by atoms with E-state index < -0.39 is 0 Å². The van der Waals surface area contributed by atoms with E-state index in [1.807, 2.05) is 30.3 Å². The Morgan fingerprint density at radius 2 is 2.06 bits per heavy atom. The first-order valence-corrected chi connectivity index (χ1v) is 6.18. The summed E-state index contributed by atoms with van der Waals surface area (Å²) in [5.74, 6) is -0.0398. The molecule has 82 valence electrons. The summed E-state index contributed by atoms with van der Waals surface area (Å²) in [5.41, 5.74) is 1.01. The SMILES string of the molecule is CC(=O)Oc1nc(-c2ccccc2)sc1Br. The molecule has 2 aromatic rings. The van der Waals surface area contributed by atoms with Crippen LogP contribution in [0.25, 0.3) is 10.6 Å². The topological polar surface area (TPSA) is 39.2 Å². The van der Waals surface area contributed by atoms with Gasteiger partial charge in [0.15, 0.2) is 0 Å². The second kappa shape index (κ2) is 4.76. The lowest BCUT2D eigenvalue weighted by Crippen LogP contribution is -2.01. The van der Waals surface area contributed by atoms with Crippen molar-refractivity contribution in [1.82, 2.24) is 4.98 Å². The molecule has 1 aromatic carbocycles. The van der Waals surface area contributed by atoms with Crippen LogP contribution in [0.15, 0.2) is 34.1 Å². The molecule has 0 saturated heterocycles. The molecule has 1 heterocycles. The van der Waals surface area contributed by atoms with Crippen LogP contribution in [0, 0.1) is 0 Å². The van der Waals surface area contributed by atoms with Crippen molar-refractivity contribution in [3.05, 3.63) is 34.1 Å². The molecule has 0 aliphatic rings. The lowest BCUT2D eigenvalue weighted by atomic mass is 10.2. The number of thiazole rings is 1. The first-order chi connectivity index (χ1) is 7.66. The van der Waals surface area contributed by atoms with Gasteiger partial charge >= 0.3 is 5.97 Å². The molecule has 0 amide bonds. The predicted octanol–water partition coefficient (Wildman–Crippen LogP) is 3.50. The fraction of sp³-hybridized carbons (Fsp3) is 0.0909. The van der Waals surface area contributed by atoms with Gasteiger partial charge < -0.3 is 4.74 Å². The molecule has 0 spiro atoms. The number of hydrogen-bond donors (Lipinski definition) is 0. The number of nitrogens with zero attached hydrogens (tertiary/aromatic N) is 1. The molecule has 3 nitrogen and oxygen atoms in total. The van der Waals surface area contributed by atoms with E-state index >= 15 is 0 Å². The Labute approximate surface area is 105 Å². The Bertz CT molecular complexity index is 510. The molecule has 0 fully saturated rings. The maximum Gasteiger partial charge on any atom is 0.309 e. The number of carbonyl (C=O) groups is 1. The smallest absolute Gasteiger partial charge is 0.309 e. The zero-order chi connectivity index (χ0) is 11.5. The number of benzene rings is 1. The molecule has 0 atom stereocenters. The van der Waals surface area contributed by atoms with Gasteiger partial charge in [0, 0.05) is 12.5 Å². The van der Waals surface area contributed by atoms with Gasteiger partial charge in [-0.1, -0.05) is 30.3 Å². The Kier molecular flexibility index (Phi) is 3.36. The van der Waals surface area contributed by atoms with E-state index in [0.29, 0.717) is 5.88 Å². The Morgan fingerprint density at radius 3 is 2.69 bits per heavy atom. The normalized spacial score (nSPS) is 10.1. The number of halogens is 1.